The molecule has 1 saturated heterocycles. The van der Waals surface area contributed by atoms with Crippen molar-refractivity contribution in [3.63, 3.8) is 0 Å². The summed E-state index contributed by atoms with van der Waals surface area (Å²) >= 11 is 0. The molecule has 2 rings (SSSR count). The lowest BCUT2D eigenvalue weighted by molar-refractivity contribution is -0.135. The van der Waals surface area contributed by atoms with Gasteiger partial charge in [-0.1, -0.05) is 18.2 Å². The largest absolute Gasteiger partial charge is 0.389 e. The predicted octanol–water partition coefficient (Wildman–Crippen LogP) is 0.981. The molecular weight excluding hydrogens is 244 g/mol. The van der Waals surface area contributed by atoms with Gasteiger partial charge >= 0.3 is 0 Å². The molecule has 102 valence electrons. The van der Waals surface area contributed by atoms with Crippen LogP contribution in [0.5, 0.6) is 0 Å². The summed E-state index contributed by atoms with van der Waals surface area (Å²) in [6, 6.07) is 7.27. The quantitative estimate of drug-likeness (QED) is 0.780. The molecule has 0 bridgehead atoms. The number of nitrogens with one attached hydrogen (secondary N) is 1. The summed E-state index contributed by atoms with van der Waals surface area (Å²) in [7, 11) is 0. The van der Waals surface area contributed by atoms with Gasteiger partial charge in [0.15, 0.2) is 0 Å². The fraction of sp³-hybridized carbons (Fsp3) is 0.429. The smallest absolute Gasteiger partial charge is 0.251 e. The van der Waals surface area contributed by atoms with Crippen LogP contribution < -0.4 is 10.2 Å². The number of imide groups is 1. The molecule has 5 heteroatoms. The Hall–Kier alpha value is -1.88. The van der Waals surface area contributed by atoms with E-state index in [9.17, 15) is 14.7 Å². The minimum atomic E-state index is -0.834. The number of amides is 2. The van der Waals surface area contributed by atoms with Gasteiger partial charge in [-0.2, -0.15) is 0 Å². The van der Waals surface area contributed by atoms with E-state index in [4.69, 9.17) is 0 Å². The van der Waals surface area contributed by atoms with Gasteiger partial charge in [0.1, 0.15) is 5.54 Å². The lowest BCUT2D eigenvalue weighted by atomic mass is 9.95. The monoisotopic (exact) mass is 262 g/mol. The van der Waals surface area contributed by atoms with E-state index < -0.39 is 11.6 Å². The molecule has 1 heterocycles. The van der Waals surface area contributed by atoms with Gasteiger partial charge in [0.25, 0.3) is 5.91 Å². The number of hydrogen-bond acceptors (Lipinski definition) is 4. The van der Waals surface area contributed by atoms with E-state index in [2.05, 4.69) is 5.32 Å². The zero-order valence-corrected chi connectivity index (χ0v) is 11.3. The van der Waals surface area contributed by atoms with Gasteiger partial charge < -0.3 is 10.0 Å². The number of benzene rings is 1. The van der Waals surface area contributed by atoms with Crippen molar-refractivity contribution in [2.45, 2.75) is 32.4 Å². The Bertz CT molecular complexity index is 523. The number of anilines is 1. The van der Waals surface area contributed by atoms with Gasteiger partial charge in [-0.3, -0.25) is 14.9 Å². The number of aliphatic hydroxyl groups excluding tert-OH is 1. The first-order valence-corrected chi connectivity index (χ1v) is 6.23. The zero-order chi connectivity index (χ0) is 14.2. The van der Waals surface area contributed by atoms with Crippen molar-refractivity contribution in [3.8, 4) is 0 Å². The molecular formula is C14H18N2O3. The highest BCUT2D eigenvalue weighted by Gasteiger charge is 2.41. The Morgan fingerprint density at radius 2 is 1.95 bits per heavy atom. The molecule has 1 fully saturated rings. The van der Waals surface area contributed by atoms with E-state index in [1.165, 1.54) is 0 Å². The Kier molecular flexibility index (Phi) is 3.32. The first kappa shape index (κ1) is 13.5. The number of nitrogens with zero attached hydrogens (tertiary/aromatic N) is 1. The molecule has 0 aliphatic carbocycles. The summed E-state index contributed by atoms with van der Waals surface area (Å²) in [5.41, 5.74) is 0.586. The van der Waals surface area contributed by atoms with Crippen molar-refractivity contribution in [1.82, 2.24) is 5.32 Å². The van der Waals surface area contributed by atoms with Crippen molar-refractivity contribution in [2.75, 3.05) is 11.4 Å². The van der Waals surface area contributed by atoms with Crippen LogP contribution in [0.3, 0.4) is 0 Å². The van der Waals surface area contributed by atoms with Crippen LogP contribution in [0, 0.1) is 0 Å². The zero-order valence-electron chi connectivity index (χ0n) is 11.3. The second kappa shape index (κ2) is 4.66. The van der Waals surface area contributed by atoms with E-state index in [0.29, 0.717) is 11.3 Å². The van der Waals surface area contributed by atoms with Crippen molar-refractivity contribution in [3.05, 3.63) is 29.8 Å². The van der Waals surface area contributed by atoms with Crippen molar-refractivity contribution in [2.24, 2.45) is 0 Å². The van der Waals surface area contributed by atoms with Crippen molar-refractivity contribution in [1.29, 1.82) is 0 Å². The summed E-state index contributed by atoms with van der Waals surface area (Å²) < 4.78 is 0. The molecule has 0 spiro atoms. The summed E-state index contributed by atoms with van der Waals surface area (Å²) in [6.45, 7) is 5.28. The van der Waals surface area contributed by atoms with Gasteiger partial charge in [0.2, 0.25) is 5.91 Å². The van der Waals surface area contributed by atoms with Crippen LogP contribution in [-0.4, -0.2) is 29.0 Å². The van der Waals surface area contributed by atoms with Crippen LogP contribution in [0.1, 0.15) is 32.4 Å². The molecule has 1 aromatic rings. The molecule has 0 saturated carbocycles. The maximum atomic E-state index is 12.0. The lowest BCUT2D eigenvalue weighted by Crippen LogP contribution is -2.64. The highest BCUT2D eigenvalue weighted by molar-refractivity contribution is 6.06. The maximum absolute atomic E-state index is 12.0. The average molecular weight is 262 g/mol. The summed E-state index contributed by atoms with van der Waals surface area (Å²) in [5.74, 6) is -0.658. The first-order valence-electron chi connectivity index (χ1n) is 6.23. The molecule has 1 atom stereocenters. The minimum absolute atomic E-state index is 0.0997. The highest BCUT2D eigenvalue weighted by Crippen LogP contribution is 2.32. The highest BCUT2D eigenvalue weighted by atomic mass is 16.3. The van der Waals surface area contributed by atoms with Crippen LogP contribution in [-0.2, 0) is 9.59 Å². The van der Waals surface area contributed by atoms with Crippen LogP contribution >= 0.6 is 0 Å². The molecule has 1 aliphatic rings. The molecule has 2 N–H and O–H groups in total. The number of carbonyl (C=O) groups is 2. The minimum Gasteiger partial charge on any atom is -0.389 e. The number of hydrogen-bond donors (Lipinski definition) is 2. The van der Waals surface area contributed by atoms with Crippen molar-refractivity contribution < 1.29 is 14.7 Å². The molecule has 1 aromatic carbocycles. The third-order valence-electron chi connectivity index (χ3n) is 3.46. The van der Waals surface area contributed by atoms with Crippen LogP contribution in [0.15, 0.2) is 24.3 Å². The van der Waals surface area contributed by atoms with Crippen LogP contribution in [0.25, 0.3) is 0 Å². The standard InChI is InChI=1S/C14H18N2O3/c1-9(17)10-6-4-5-7-11(10)16-8-12(18)15-13(19)14(16,2)3/h4-7,9,17H,8H2,1-3H3,(H,15,18,19). The molecule has 1 aliphatic heterocycles. The summed E-state index contributed by atoms with van der Waals surface area (Å²) in [4.78, 5) is 25.3. The Morgan fingerprint density at radius 3 is 2.58 bits per heavy atom. The molecule has 0 radical (unpaired) electrons. The maximum Gasteiger partial charge on any atom is 0.251 e. The van der Waals surface area contributed by atoms with E-state index >= 15 is 0 Å². The van der Waals surface area contributed by atoms with E-state index in [1.807, 2.05) is 18.2 Å². The van der Waals surface area contributed by atoms with Gasteiger partial charge in [0, 0.05) is 11.3 Å². The molecule has 5 nitrogen and oxygen atoms in total. The fourth-order valence-corrected chi connectivity index (χ4v) is 2.26. The van der Waals surface area contributed by atoms with E-state index in [1.54, 1.807) is 31.7 Å². The SMILES string of the molecule is CC(O)c1ccccc1N1CC(=O)NC(=O)C1(C)C. The fourth-order valence-electron chi connectivity index (χ4n) is 2.26. The second-order valence-electron chi connectivity index (χ2n) is 5.26. The summed E-state index contributed by atoms with van der Waals surface area (Å²) in [6.07, 6.45) is -0.660. The Labute approximate surface area is 112 Å². The molecule has 1 unspecified atom stereocenters. The number of aliphatic hydroxyl groups is 1. The summed E-state index contributed by atoms with van der Waals surface area (Å²) in [5, 5.41) is 12.2. The number of rotatable bonds is 2. The van der Waals surface area contributed by atoms with E-state index in [0.717, 1.165) is 0 Å². The van der Waals surface area contributed by atoms with E-state index in [-0.39, 0.29) is 18.4 Å². The number of piperazine rings is 1. The Morgan fingerprint density at radius 1 is 1.32 bits per heavy atom. The van der Waals surface area contributed by atoms with Gasteiger partial charge in [0.05, 0.1) is 12.6 Å². The normalized spacial score (nSPS) is 20.1. The molecule has 0 aromatic heterocycles. The van der Waals surface area contributed by atoms with Gasteiger partial charge in [-0.25, -0.2) is 0 Å². The first-order chi connectivity index (χ1) is 8.84. The third kappa shape index (κ3) is 2.33. The Balaban J connectivity index is 2.50. The topological polar surface area (TPSA) is 69.6 Å². The third-order valence-corrected chi connectivity index (χ3v) is 3.46. The number of para-hydroxylation sites is 1. The lowest BCUT2D eigenvalue weighted by Gasteiger charge is -2.42. The number of carbonyl (C=O) groups excluding carboxylic acids is 2. The predicted molar refractivity (Wildman–Crippen MR) is 71.7 cm³/mol. The molecule has 19 heavy (non-hydrogen) atoms. The van der Waals surface area contributed by atoms with Crippen LogP contribution in [0.4, 0.5) is 5.69 Å². The van der Waals surface area contributed by atoms with Crippen LogP contribution in [0.2, 0.25) is 0 Å². The second-order valence-corrected chi connectivity index (χ2v) is 5.26. The van der Waals surface area contributed by atoms with Crippen molar-refractivity contribution >= 4 is 17.5 Å². The average Bonchev–Trinajstić information content (AvgIpc) is 2.34. The van der Waals surface area contributed by atoms with Gasteiger partial charge in [-0.15, -0.1) is 0 Å². The van der Waals surface area contributed by atoms with Gasteiger partial charge in [-0.05, 0) is 26.8 Å². The molecule has 2 amide bonds.